The highest BCUT2D eigenvalue weighted by atomic mass is 32.2. The smallest absolute Gasteiger partial charge is 0.364 e. The molecule has 8 heteroatoms. The zero-order chi connectivity index (χ0) is 15.0. The van der Waals surface area contributed by atoms with Crippen LogP contribution in [0.5, 0.6) is 0 Å². The van der Waals surface area contributed by atoms with Crippen molar-refractivity contribution in [3.63, 3.8) is 0 Å². The molecule has 21 heavy (non-hydrogen) atoms. The molecule has 3 aromatic rings. The molecule has 0 amide bonds. The number of carbonyl (C=O) groups is 1. The molecule has 0 saturated heterocycles. The first kappa shape index (κ1) is 13.4. The van der Waals surface area contributed by atoms with E-state index in [1.807, 2.05) is 6.07 Å². The number of rotatable bonds is 3. The van der Waals surface area contributed by atoms with Gasteiger partial charge in [-0.15, -0.1) is 0 Å². The average Bonchev–Trinajstić information content (AvgIpc) is 2.82. The summed E-state index contributed by atoms with van der Waals surface area (Å²) in [6, 6.07) is 8.54. The molecule has 106 valence electrons. The molecule has 0 aliphatic carbocycles. The maximum absolute atomic E-state index is 11.5. The summed E-state index contributed by atoms with van der Waals surface area (Å²) in [5.41, 5.74) is 0.963. The van der Waals surface area contributed by atoms with E-state index in [4.69, 9.17) is 5.11 Å². The van der Waals surface area contributed by atoms with Crippen molar-refractivity contribution in [2.24, 2.45) is 0 Å². The second-order valence-electron chi connectivity index (χ2n) is 4.35. The van der Waals surface area contributed by atoms with Gasteiger partial charge in [-0.2, -0.15) is 14.7 Å². The molecule has 0 aliphatic rings. The van der Waals surface area contributed by atoms with E-state index in [2.05, 4.69) is 15.3 Å². The van der Waals surface area contributed by atoms with E-state index in [-0.39, 0.29) is 5.56 Å². The molecule has 2 aromatic heterocycles. The number of aromatic amines is 1. The highest BCUT2D eigenvalue weighted by Crippen LogP contribution is 2.27. The van der Waals surface area contributed by atoms with Crippen LogP contribution in [0.15, 0.2) is 45.0 Å². The van der Waals surface area contributed by atoms with E-state index < -0.39 is 11.7 Å². The molecule has 0 bridgehead atoms. The van der Waals surface area contributed by atoms with Crippen LogP contribution in [0.3, 0.4) is 0 Å². The van der Waals surface area contributed by atoms with Crippen LogP contribution in [0.4, 0.5) is 0 Å². The summed E-state index contributed by atoms with van der Waals surface area (Å²) in [6.45, 7) is 1.74. The lowest BCUT2D eigenvalue weighted by Gasteiger charge is -2.05. The molecule has 0 aliphatic heterocycles. The number of carboxylic acid groups (broad SMARTS) is 1. The van der Waals surface area contributed by atoms with Crippen molar-refractivity contribution in [3.8, 4) is 0 Å². The fourth-order valence-corrected chi connectivity index (χ4v) is 2.67. The van der Waals surface area contributed by atoms with Crippen LogP contribution in [0.25, 0.3) is 5.65 Å². The minimum absolute atomic E-state index is 0.251. The molecule has 2 heterocycles. The van der Waals surface area contributed by atoms with E-state index in [1.165, 1.54) is 11.8 Å². The Morgan fingerprint density at radius 1 is 1.33 bits per heavy atom. The number of aromatic carboxylic acids is 1. The molecular weight excluding hydrogens is 292 g/mol. The highest BCUT2D eigenvalue weighted by Gasteiger charge is 2.10. The zero-order valence-electron chi connectivity index (χ0n) is 10.9. The van der Waals surface area contributed by atoms with Crippen LogP contribution in [0, 0.1) is 6.92 Å². The third-order valence-electron chi connectivity index (χ3n) is 2.91. The largest absolute Gasteiger partial charge is 0.478 e. The Kier molecular flexibility index (Phi) is 3.22. The van der Waals surface area contributed by atoms with Crippen molar-refractivity contribution in [2.75, 3.05) is 0 Å². The van der Waals surface area contributed by atoms with Crippen molar-refractivity contribution < 1.29 is 9.90 Å². The maximum atomic E-state index is 11.5. The van der Waals surface area contributed by atoms with Crippen molar-refractivity contribution in [2.45, 2.75) is 16.8 Å². The Balaban J connectivity index is 1.98. The van der Waals surface area contributed by atoms with E-state index in [9.17, 15) is 9.59 Å². The Morgan fingerprint density at radius 2 is 2.14 bits per heavy atom. The van der Waals surface area contributed by atoms with Gasteiger partial charge in [-0.25, -0.2) is 14.7 Å². The summed E-state index contributed by atoms with van der Waals surface area (Å²) in [7, 11) is 0. The summed E-state index contributed by atoms with van der Waals surface area (Å²) in [5.74, 6) is -0.968. The van der Waals surface area contributed by atoms with Crippen LogP contribution in [-0.4, -0.2) is 30.9 Å². The molecule has 0 spiro atoms. The first-order valence-electron chi connectivity index (χ1n) is 6.01. The van der Waals surface area contributed by atoms with Gasteiger partial charge in [0.2, 0.25) is 0 Å². The summed E-state index contributed by atoms with van der Waals surface area (Å²) in [5, 5.41) is 19.9. The molecule has 0 fully saturated rings. The number of hydrogen-bond acceptors (Lipinski definition) is 5. The second kappa shape index (κ2) is 5.06. The van der Waals surface area contributed by atoms with Crippen LogP contribution in [0.1, 0.15) is 15.9 Å². The summed E-state index contributed by atoms with van der Waals surface area (Å²) < 4.78 is 1.16. The number of H-pyrrole nitrogens is 1. The number of benzene rings is 1. The number of carboxylic acids is 1. The second-order valence-corrected chi connectivity index (χ2v) is 5.45. The van der Waals surface area contributed by atoms with E-state index >= 15 is 0 Å². The van der Waals surface area contributed by atoms with Gasteiger partial charge in [-0.3, -0.25) is 0 Å². The first-order valence-corrected chi connectivity index (χ1v) is 6.82. The molecular formula is C13H10N4O3S. The van der Waals surface area contributed by atoms with Gasteiger partial charge in [0.15, 0.2) is 5.65 Å². The molecule has 0 atom stereocenters. The van der Waals surface area contributed by atoms with Crippen molar-refractivity contribution in [1.82, 2.24) is 19.8 Å². The van der Waals surface area contributed by atoms with Gasteiger partial charge >= 0.3 is 11.7 Å². The monoisotopic (exact) mass is 302 g/mol. The third-order valence-corrected chi connectivity index (χ3v) is 3.83. The fourth-order valence-electron chi connectivity index (χ4n) is 1.86. The number of nitrogens with zero attached hydrogens (tertiary/aromatic N) is 3. The molecule has 2 N–H and O–H groups in total. The van der Waals surface area contributed by atoms with E-state index in [0.29, 0.717) is 16.2 Å². The Hall–Kier alpha value is -2.61. The predicted molar refractivity (Wildman–Crippen MR) is 75.9 cm³/mol. The Labute approximate surface area is 122 Å². The first-order chi connectivity index (χ1) is 10.0. The summed E-state index contributed by atoms with van der Waals surface area (Å²) in [4.78, 5) is 23.3. The van der Waals surface area contributed by atoms with Gasteiger partial charge in [0.05, 0.1) is 5.56 Å². The molecule has 3 rings (SSSR count). The summed E-state index contributed by atoms with van der Waals surface area (Å²) in [6.07, 6.45) is 0. The van der Waals surface area contributed by atoms with Gasteiger partial charge in [0.1, 0.15) is 5.03 Å². The zero-order valence-corrected chi connectivity index (χ0v) is 11.7. The molecule has 1 aromatic carbocycles. The van der Waals surface area contributed by atoms with Gasteiger partial charge in [0.25, 0.3) is 0 Å². The normalized spacial score (nSPS) is 10.9. The SMILES string of the molecule is Cc1ccc(Sc2ccc3n[nH]c(=O)n3n2)cc1C(=O)O. The van der Waals surface area contributed by atoms with Gasteiger partial charge in [-0.05, 0) is 36.8 Å². The van der Waals surface area contributed by atoms with Crippen molar-refractivity contribution >= 4 is 23.4 Å². The number of hydrogen-bond donors (Lipinski definition) is 2. The Morgan fingerprint density at radius 3 is 2.90 bits per heavy atom. The van der Waals surface area contributed by atoms with Crippen LogP contribution in [-0.2, 0) is 0 Å². The predicted octanol–water partition coefficient (Wildman–Crippen LogP) is 1.58. The van der Waals surface area contributed by atoms with Crippen LogP contribution < -0.4 is 5.69 Å². The molecule has 7 nitrogen and oxygen atoms in total. The number of aryl methyl sites for hydroxylation is 1. The molecule has 0 saturated carbocycles. The van der Waals surface area contributed by atoms with E-state index in [1.54, 1.807) is 31.2 Å². The van der Waals surface area contributed by atoms with Gasteiger partial charge in [0, 0.05) is 4.90 Å². The third kappa shape index (κ3) is 2.52. The Bertz CT molecular complexity index is 900. The number of nitrogens with one attached hydrogen (secondary N) is 1. The van der Waals surface area contributed by atoms with Crippen molar-refractivity contribution in [1.29, 1.82) is 0 Å². The van der Waals surface area contributed by atoms with Crippen LogP contribution >= 0.6 is 11.8 Å². The standard InChI is InChI=1S/C13H10N4O3S/c1-7-2-3-8(6-9(7)12(18)19)21-11-5-4-10-14-15-13(20)17(10)16-11/h2-6H,1H3,(H,15,20)(H,18,19). The van der Waals surface area contributed by atoms with E-state index in [0.717, 1.165) is 9.41 Å². The highest BCUT2D eigenvalue weighted by molar-refractivity contribution is 7.99. The average molecular weight is 302 g/mol. The lowest BCUT2D eigenvalue weighted by Crippen LogP contribution is -2.12. The lowest BCUT2D eigenvalue weighted by molar-refractivity contribution is 0.0696. The topological polar surface area (TPSA) is 100 Å². The van der Waals surface area contributed by atoms with Gasteiger partial charge < -0.3 is 5.11 Å². The maximum Gasteiger partial charge on any atom is 0.364 e. The van der Waals surface area contributed by atoms with Crippen molar-refractivity contribution in [3.05, 3.63) is 51.9 Å². The van der Waals surface area contributed by atoms with Crippen LogP contribution in [0.2, 0.25) is 0 Å². The number of fused-ring (bicyclic) bond motifs is 1. The minimum Gasteiger partial charge on any atom is -0.478 e. The van der Waals surface area contributed by atoms with Gasteiger partial charge in [-0.1, -0.05) is 17.8 Å². The molecule has 0 radical (unpaired) electrons. The summed E-state index contributed by atoms with van der Waals surface area (Å²) >= 11 is 1.28. The lowest BCUT2D eigenvalue weighted by atomic mass is 10.1. The number of aromatic nitrogens is 4. The fraction of sp³-hybridized carbons (Fsp3) is 0.0769. The quantitative estimate of drug-likeness (QED) is 0.761. The minimum atomic E-state index is -0.968. The molecule has 0 unspecified atom stereocenters.